The zero-order chi connectivity index (χ0) is 13.2. The lowest BCUT2D eigenvalue weighted by Gasteiger charge is -2.07. The molecule has 0 aliphatic rings. The van der Waals surface area contributed by atoms with Gasteiger partial charge in [-0.05, 0) is 29.6 Å². The molecule has 1 unspecified atom stereocenters. The van der Waals surface area contributed by atoms with Gasteiger partial charge in [0.2, 0.25) is 0 Å². The minimum atomic E-state index is -0.280. The molecule has 0 saturated heterocycles. The van der Waals surface area contributed by atoms with Crippen LogP contribution in [-0.4, -0.2) is 9.78 Å². The van der Waals surface area contributed by atoms with Gasteiger partial charge < -0.3 is 5.73 Å². The van der Waals surface area contributed by atoms with Gasteiger partial charge in [-0.1, -0.05) is 29.8 Å². The van der Waals surface area contributed by atoms with Gasteiger partial charge in [0.05, 0.1) is 22.4 Å². The van der Waals surface area contributed by atoms with E-state index in [1.54, 1.807) is 11.3 Å². The van der Waals surface area contributed by atoms with Crippen molar-refractivity contribution >= 4 is 22.9 Å². The molecule has 0 spiro atoms. The first-order chi connectivity index (χ1) is 9.25. The monoisotopic (exact) mass is 289 g/mol. The minimum absolute atomic E-state index is 0.280. The van der Waals surface area contributed by atoms with Crippen LogP contribution in [0.5, 0.6) is 0 Å². The number of aromatic nitrogens is 2. The fourth-order valence-corrected chi connectivity index (χ4v) is 3.08. The van der Waals surface area contributed by atoms with Crippen molar-refractivity contribution in [3.8, 4) is 5.69 Å². The molecule has 1 atom stereocenters. The first-order valence-electron chi connectivity index (χ1n) is 5.85. The molecule has 5 heteroatoms. The Kier molecular flexibility index (Phi) is 3.38. The Morgan fingerprint density at radius 1 is 1.16 bits per heavy atom. The largest absolute Gasteiger partial charge is 0.318 e. The predicted molar refractivity (Wildman–Crippen MR) is 78.9 cm³/mol. The van der Waals surface area contributed by atoms with Gasteiger partial charge in [-0.25, -0.2) is 4.68 Å². The molecule has 2 aromatic heterocycles. The molecule has 0 saturated carbocycles. The van der Waals surface area contributed by atoms with Gasteiger partial charge in [0.1, 0.15) is 0 Å². The van der Waals surface area contributed by atoms with Crippen LogP contribution < -0.4 is 5.73 Å². The smallest absolute Gasteiger partial charge is 0.0853 e. The third-order valence-corrected chi connectivity index (χ3v) is 4.32. The van der Waals surface area contributed by atoms with Crippen molar-refractivity contribution < 1.29 is 0 Å². The van der Waals surface area contributed by atoms with E-state index >= 15 is 0 Å². The van der Waals surface area contributed by atoms with Crippen LogP contribution in [0.4, 0.5) is 0 Å². The number of hydrogen-bond donors (Lipinski definition) is 1. The van der Waals surface area contributed by atoms with Gasteiger partial charge in [0, 0.05) is 11.1 Å². The van der Waals surface area contributed by atoms with Gasteiger partial charge in [0.15, 0.2) is 0 Å². The van der Waals surface area contributed by atoms with Crippen LogP contribution >= 0.6 is 22.9 Å². The van der Waals surface area contributed by atoms with Crippen LogP contribution in [0.25, 0.3) is 5.69 Å². The Labute approximate surface area is 120 Å². The summed E-state index contributed by atoms with van der Waals surface area (Å²) in [6.45, 7) is 0. The van der Waals surface area contributed by atoms with E-state index in [1.807, 2.05) is 58.7 Å². The summed E-state index contributed by atoms with van der Waals surface area (Å²) in [5.74, 6) is 0. The SMILES string of the molecule is NC(c1ccn(-c2ccccc2)n1)c1sccc1Cl. The van der Waals surface area contributed by atoms with E-state index in [2.05, 4.69) is 5.10 Å². The fraction of sp³-hybridized carbons (Fsp3) is 0.0714. The second kappa shape index (κ2) is 5.17. The molecule has 2 N–H and O–H groups in total. The van der Waals surface area contributed by atoms with E-state index < -0.39 is 0 Å². The van der Waals surface area contributed by atoms with Gasteiger partial charge in [-0.15, -0.1) is 11.3 Å². The molecule has 0 fully saturated rings. The number of thiophene rings is 1. The molecule has 0 aliphatic carbocycles. The van der Waals surface area contributed by atoms with Crippen molar-refractivity contribution in [1.82, 2.24) is 9.78 Å². The number of nitrogens with two attached hydrogens (primary N) is 1. The van der Waals surface area contributed by atoms with E-state index in [-0.39, 0.29) is 6.04 Å². The second-order valence-corrected chi connectivity index (χ2v) is 5.49. The van der Waals surface area contributed by atoms with Crippen LogP contribution in [0.2, 0.25) is 5.02 Å². The van der Waals surface area contributed by atoms with Crippen LogP contribution in [-0.2, 0) is 0 Å². The van der Waals surface area contributed by atoms with Gasteiger partial charge >= 0.3 is 0 Å². The second-order valence-electron chi connectivity index (χ2n) is 4.13. The third kappa shape index (κ3) is 2.42. The number of benzene rings is 1. The van der Waals surface area contributed by atoms with Crippen molar-refractivity contribution in [2.24, 2.45) is 5.73 Å². The van der Waals surface area contributed by atoms with Crippen molar-refractivity contribution in [3.05, 3.63) is 69.6 Å². The summed E-state index contributed by atoms with van der Waals surface area (Å²) in [6, 6.07) is 13.4. The van der Waals surface area contributed by atoms with Crippen LogP contribution in [0.1, 0.15) is 16.6 Å². The number of halogens is 1. The van der Waals surface area contributed by atoms with Crippen molar-refractivity contribution in [3.63, 3.8) is 0 Å². The summed E-state index contributed by atoms with van der Waals surface area (Å²) >= 11 is 7.66. The number of para-hydroxylation sites is 1. The predicted octanol–water partition coefficient (Wildman–Crippen LogP) is 3.64. The maximum absolute atomic E-state index is 6.20. The van der Waals surface area contributed by atoms with E-state index in [0.717, 1.165) is 16.3 Å². The standard InChI is InChI=1S/C14H12ClN3S/c15-11-7-9-19-14(11)13(16)12-6-8-18(17-12)10-4-2-1-3-5-10/h1-9,13H,16H2. The van der Waals surface area contributed by atoms with Gasteiger partial charge in [-0.3, -0.25) is 0 Å². The highest BCUT2D eigenvalue weighted by Gasteiger charge is 2.16. The molecule has 0 aliphatic heterocycles. The van der Waals surface area contributed by atoms with Gasteiger partial charge in [-0.2, -0.15) is 5.10 Å². The highest BCUT2D eigenvalue weighted by Crippen LogP contribution is 2.30. The lowest BCUT2D eigenvalue weighted by molar-refractivity contribution is 0.782. The Morgan fingerprint density at radius 3 is 2.63 bits per heavy atom. The summed E-state index contributed by atoms with van der Waals surface area (Å²) in [5.41, 5.74) is 8.03. The maximum atomic E-state index is 6.20. The highest BCUT2D eigenvalue weighted by molar-refractivity contribution is 7.10. The molecule has 3 aromatic rings. The van der Waals surface area contributed by atoms with E-state index in [0.29, 0.717) is 5.02 Å². The van der Waals surface area contributed by atoms with E-state index in [9.17, 15) is 0 Å². The van der Waals surface area contributed by atoms with Crippen molar-refractivity contribution in [1.29, 1.82) is 0 Å². The Morgan fingerprint density at radius 2 is 1.95 bits per heavy atom. The summed E-state index contributed by atoms with van der Waals surface area (Å²) in [6.07, 6.45) is 1.91. The molecule has 3 rings (SSSR count). The lowest BCUT2D eigenvalue weighted by atomic mass is 10.2. The van der Waals surface area contributed by atoms with E-state index in [1.165, 1.54) is 0 Å². The maximum Gasteiger partial charge on any atom is 0.0853 e. The molecule has 2 heterocycles. The molecule has 1 aromatic carbocycles. The molecule has 0 radical (unpaired) electrons. The first-order valence-corrected chi connectivity index (χ1v) is 7.11. The minimum Gasteiger partial charge on any atom is -0.318 e. The average Bonchev–Trinajstić information content (AvgIpc) is 3.08. The lowest BCUT2D eigenvalue weighted by Crippen LogP contribution is -2.12. The molecular formula is C14H12ClN3S. The zero-order valence-electron chi connectivity index (χ0n) is 10.0. The number of rotatable bonds is 3. The number of nitrogens with zero attached hydrogens (tertiary/aromatic N) is 2. The molecule has 0 bridgehead atoms. The zero-order valence-corrected chi connectivity index (χ0v) is 11.6. The van der Waals surface area contributed by atoms with Crippen molar-refractivity contribution in [2.75, 3.05) is 0 Å². The molecule has 19 heavy (non-hydrogen) atoms. The third-order valence-electron chi connectivity index (χ3n) is 2.88. The summed E-state index contributed by atoms with van der Waals surface area (Å²) in [7, 11) is 0. The Balaban J connectivity index is 1.92. The quantitative estimate of drug-likeness (QED) is 0.800. The Hall–Kier alpha value is -1.62. The highest BCUT2D eigenvalue weighted by atomic mass is 35.5. The molecule has 3 nitrogen and oxygen atoms in total. The topological polar surface area (TPSA) is 43.8 Å². The first kappa shape index (κ1) is 12.4. The summed E-state index contributed by atoms with van der Waals surface area (Å²) in [5, 5.41) is 7.15. The average molecular weight is 290 g/mol. The summed E-state index contributed by atoms with van der Waals surface area (Å²) in [4.78, 5) is 0.944. The van der Waals surface area contributed by atoms with Crippen LogP contribution in [0.3, 0.4) is 0 Å². The fourth-order valence-electron chi connectivity index (χ4n) is 1.89. The summed E-state index contributed by atoms with van der Waals surface area (Å²) < 4.78 is 1.82. The van der Waals surface area contributed by atoms with Gasteiger partial charge in [0.25, 0.3) is 0 Å². The van der Waals surface area contributed by atoms with Crippen molar-refractivity contribution in [2.45, 2.75) is 6.04 Å². The molecule has 0 amide bonds. The normalized spacial score (nSPS) is 12.5. The van der Waals surface area contributed by atoms with Crippen LogP contribution in [0.15, 0.2) is 54.0 Å². The molecular weight excluding hydrogens is 278 g/mol. The number of hydrogen-bond acceptors (Lipinski definition) is 3. The van der Waals surface area contributed by atoms with Crippen LogP contribution in [0, 0.1) is 0 Å². The Bertz CT molecular complexity index is 675. The van der Waals surface area contributed by atoms with E-state index in [4.69, 9.17) is 17.3 Å². The molecule has 96 valence electrons.